The fourth-order valence-corrected chi connectivity index (χ4v) is 2.87. The summed E-state index contributed by atoms with van der Waals surface area (Å²) in [6.07, 6.45) is 5.11. The fourth-order valence-electron chi connectivity index (χ4n) is 2.87. The topological polar surface area (TPSA) is 24.5 Å². The zero-order chi connectivity index (χ0) is 7.97. The van der Waals surface area contributed by atoms with Crippen molar-refractivity contribution < 1.29 is 4.74 Å². The minimum atomic E-state index is 0.486. The highest BCUT2D eigenvalue weighted by molar-refractivity contribution is 4.96. The van der Waals surface area contributed by atoms with Crippen LogP contribution in [-0.4, -0.2) is 42.9 Å². The van der Waals surface area contributed by atoms with Gasteiger partial charge in [-0.05, 0) is 19.3 Å². The van der Waals surface area contributed by atoms with Crippen molar-refractivity contribution in [2.75, 3.05) is 19.7 Å². The molecule has 3 rings (SSSR count). The van der Waals surface area contributed by atoms with Gasteiger partial charge in [0.05, 0.1) is 12.3 Å². The Morgan fingerprint density at radius 2 is 2.33 bits per heavy atom. The number of rotatable bonds is 0. The van der Waals surface area contributed by atoms with Gasteiger partial charge in [0.1, 0.15) is 0 Å². The highest BCUT2D eigenvalue weighted by Crippen LogP contribution is 2.29. The van der Waals surface area contributed by atoms with Crippen LogP contribution in [0.5, 0.6) is 0 Å². The first kappa shape index (κ1) is 7.30. The van der Waals surface area contributed by atoms with Gasteiger partial charge >= 0.3 is 0 Å². The Morgan fingerprint density at radius 1 is 1.33 bits per heavy atom. The van der Waals surface area contributed by atoms with Gasteiger partial charge in [0.2, 0.25) is 0 Å². The average molecular weight is 168 g/mol. The van der Waals surface area contributed by atoms with Crippen molar-refractivity contribution in [1.29, 1.82) is 0 Å². The van der Waals surface area contributed by atoms with Crippen molar-refractivity contribution in [2.24, 2.45) is 0 Å². The van der Waals surface area contributed by atoms with Crippen LogP contribution in [0.15, 0.2) is 0 Å². The van der Waals surface area contributed by atoms with Crippen molar-refractivity contribution in [3.63, 3.8) is 0 Å². The van der Waals surface area contributed by atoms with E-state index in [9.17, 15) is 0 Å². The van der Waals surface area contributed by atoms with Crippen LogP contribution in [0.4, 0.5) is 0 Å². The molecule has 3 atom stereocenters. The van der Waals surface area contributed by atoms with Crippen molar-refractivity contribution in [1.82, 2.24) is 10.2 Å². The molecule has 0 aromatic heterocycles. The lowest BCUT2D eigenvalue weighted by molar-refractivity contribution is 0.0131. The molecular weight excluding hydrogens is 152 g/mol. The maximum Gasteiger partial charge on any atom is 0.0856 e. The van der Waals surface area contributed by atoms with Crippen LogP contribution in [0.3, 0.4) is 0 Å². The summed E-state index contributed by atoms with van der Waals surface area (Å²) in [6, 6.07) is 0.735. The summed E-state index contributed by atoms with van der Waals surface area (Å²) in [6.45, 7) is 3.33. The summed E-state index contributed by atoms with van der Waals surface area (Å²) in [5, 5.41) is 3.55. The normalized spacial score (nSPS) is 47.5. The number of nitrogens with zero attached hydrogens (tertiary/aromatic N) is 1. The minimum Gasteiger partial charge on any atom is -0.375 e. The van der Waals surface area contributed by atoms with Crippen molar-refractivity contribution >= 4 is 0 Å². The molecule has 68 valence electrons. The molecule has 3 saturated heterocycles. The van der Waals surface area contributed by atoms with Crippen LogP contribution < -0.4 is 5.32 Å². The Morgan fingerprint density at radius 3 is 3.33 bits per heavy atom. The quantitative estimate of drug-likeness (QED) is 0.558. The third kappa shape index (κ3) is 0.934. The van der Waals surface area contributed by atoms with E-state index in [1.807, 2.05) is 0 Å². The molecule has 3 aliphatic heterocycles. The number of nitrogens with one attached hydrogen (secondary N) is 1. The molecule has 0 aromatic rings. The van der Waals surface area contributed by atoms with Crippen molar-refractivity contribution in [2.45, 2.75) is 37.6 Å². The van der Waals surface area contributed by atoms with Crippen LogP contribution in [0.25, 0.3) is 0 Å². The van der Waals surface area contributed by atoms with E-state index in [4.69, 9.17) is 4.74 Å². The molecule has 0 aromatic carbocycles. The van der Waals surface area contributed by atoms with Crippen molar-refractivity contribution in [3.05, 3.63) is 0 Å². The highest BCUT2D eigenvalue weighted by atomic mass is 16.5. The van der Waals surface area contributed by atoms with E-state index in [0.29, 0.717) is 12.3 Å². The first-order chi connectivity index (χ1) is 5.95. The Kier molecular flexibility index (Phi) is 1.63. The molecule has 3 heteroatoms. The van der Waals surface area contributed by atoms with Crippen LogP contribution in [0.2, 0.25) is 0 Å². The Balaban J connectivity index is 1.81. The second-order valence-corrected chi connectivity index (χ2v) is 4.07. The Labute approximate surface area is 73.1 Å². The highest BCUT2D eigenvalue weighted by Gasteiger charge is 2.42. The largest absolute Gasteiger partial charge is 0.375 e. The molecule has 0 spiro atoms. The zero-order valence-corrected chi connectivity index (χ0v) is 7.33. The second kappa shape index (κ2) is 2.69. The third-order valence-corrected chi connectivity index (χ3v) is 3.45. The number of hydrogen-bond donors (Lipinski definition) is 1. The van der Waals surface area contributed by atoms with Crippen LogP contribution in [0.1, 0.15) is 19.3 Å². The van der Waals surface area contributed by atoms with E-state index in [2.05, 4.69) is 10.2 Å². The predicted octanol–water partition coefficient (Wildman–Crippen LogP) is 0.169. The summed E-state index contributed by atoms with van der Waals surface area (Å²) in [4.78, 5) is 2.61. The summed E-state index contributed by atoms with van der Waals surface area (Å²) in [5.41, 5.74) is 0. The van der Waals surface area contributed by atoms with Crippen molar-refractivity contribution in [3.8, 4) is 0 Å². The van der Waals surface area contributed by atoms with E-state index in [-0.39, 0.29) is 0 Å². The van der Waals surface area contributed by atoms with Gasteiger partial charge in [-0.15, -0.1) is 0 Å². The smallest absolute Gasteiger partial charge is 0.0856 e. The molecule has 3 aliphatic rings. The fraction of sp³-hybridized carbons (Fsp3) is 1.00. The lowest BCUT2D eigenvalue weighted by Crippen LogP contribution is -2.58. The van der Waals surface area contributed by atoms with Gasteiger partial charge in [0.25, 0.3) is 0 Å². The van der Waals surface area contributed by atoms with E-state index < -0.39 is 0 Å². The van der Waals surface area contributed by atoms with Gasteiger partial charge in [0.15, 0.2) is 0 Å². The van der Waals surface area contributed by atoms with Crippen LogP contribution >= 0.6 is 0 Å². The van der Waals surface area contributed by atoms with E-state index >= 15 is 0 Å². The summed E-state index contributed by atoms with van der Waals surface area (Å²) in [7, 11) is 0. The Hall–Kier alpha value is -0.120. The average Bonchev–Trinajstić information content (AvgIpc) is 2.71. The predicted molar refractivity (Wildman–Crippen MR) is 45.9 cm³/mol. The molecule has 0 bridgehead atoms. The molecule has 1 N–H and O–H groups in total. The second-order valence-electron chi connectivity index (χ2n) is 4.07. The number of ether oxygens (including phenoxy) is 1. The van der Waals surface area contributed by atoms with Gasteiger partial charge in [-0.3, -0.25) is 10.2 Å². The lowest BCUT2D eigenvalue weighted by Gasteiger charge is -2.39. The van der Waals surface area contributed by atoms with Gasteiger partial charge in [-0.2, -0.15) is 0 Å². The molecule has 0 aliphatic carbocycles. The molecule has 0 radical (unpaired) electrons. The molecule has 3 heterocycles. The molecule has 3 fully saturated rings. The summed E-state index contributed by atoms with van der Waals surface area (Å²) < 4.78 is 5.66. The van der Waals surface area contributed by atoms with Gasteiger partial charge in [-0.1, -0.05) is 0 Å². The molecule has 3 unspecified atom stereocenters. The SMILES string of the molecule is C1CC2NCC3OCCC3N2C1. The number of hydrogen-bond acceptors (Lipinski definition) is 3. The first-order valence-corrected chi connectivity index (χ1v) is 5.06. The zero-order valence-electron chi connectivity index (χ0n) is 7.33. The lowest BCUT2D eigenvalue weighted by atomic mass is 10.1. The maximum atomic E-state index is 5.66. The van der Waals surface area contributed by atoms with Gasteiger partial charge in [-0.25, -0.2) is 0 Å². The van der Waals surface area contributed by atoms with Crippen LogP contribution in [-0.2, 0) is 4.74 Å². The molecule has 0 saturated carbocycles. The van der Waals surface area contributed by atoms with Gasteiger partial charge in [0, 0.05) is 25.7 Å². The van der Waals surface area contributed by atoms with E-state index in [1.54, 1.807) is 0 Å². The van der Waals surface area contributed by atoms with Crippen LogP contribution in [0, 0.1) is 0 Å². The summed E-state index contributed by atoms with van der Waals surface area (Å²) in [5.74, 6) is 0. The minimum absolute atomic E-state index is 0.486. The molecule has 12 heavy (non-hydrogen) atoms. The third-order valence-electron chi connectivity index (χ3n) is 3.45. The Bertz CT molecular complexity index is 165. The van der Waals surface area contributed by atoms with Gasteiger partial charge < -0.3 is 4.74 Å². The summed E-state index contributed by atoms with van der Waals surface area (Å²) >= 11 is 0. The molecule has 0 amide bonds. The monoisotopic (exact) mass is 168 g/mol. The molecule has 3 nitrogen and oxygen atoms in total. The standard InChI is InChI=1S/C9H16N2O/c1-2-9-10-6-8-7(3-5-12-8)11(9)4-1/h7-10H,1-6H2. The molecular formula is C9H16N2O. The first-order valence-electron chi connectivity index (χ1n) is 5.06. The van der Waals surface area contributed by atoms with E-state index in [1.165, 1.54) is 25.8 Å². The van der Waals surface area contributed by atoms with E-state index in [0.717, 1.165) is 19.2 Å². The number of fused-ring (bicyclic) bond motifs is 3. The maximum absolute atomic E-state index is 5.66.